The van der Waals surface area contributed by atoms with Crippen molar-refractivity contribution in [3.63, 3.8) is 0 Å². The molecule has 0 radical (unpaired) electrons. The van der Waals surface area contributed by atoms with Gasteiger partial charge in [0.25, 0.3) is 5.91 Å². The summed E-state index contributed by atoms with van der Waals surface area (Å²) >= 11 is 0. The predicted octanol–water partition coefficient (Wildman–Crippen LogP) is 2.63. The Hall–Kier alpha value is -2.36. The molecule has 20 heavy (non-hydrogen) atoms. The monoisotopic (exact) mass is 269 g/mol. The highest BCUT2D eigenvalue weighted by atomic mass is 16.2. The lowest BCUT2D eigenvalue weighted by Gasteiger charge is -2.21. The Morgan fingerprint density at radius 1 is 1.25 bits per heavy atom. The van der Waals surface area contributed by atoms with Gasteiger partial charge in [-0.1, -0.05) is 12.1 Å². The number of nitrogens with two attached hydrogens (primary N) is 1. The molecule has 4 nitrogen and oxygen atoms in total. The molecule has 2 aromatic rings. The SMILES string of the molecule is CCN(Cc1ccc(N)cc1)C(=O)c1cncc(C)c1. The number of benzene rings is 1. The van der Waals surface area contributed by atoms with Gasteiger partial charge in [0.05, 0.1) is 5.56 Å². The number of aryl methyl sites for hydroxylation is 1. The van der Waals surface area contributed by atoms with Crippen LogP contribution in [0.15, 0.2) is 42.7 Å². The van der Waals surface area contributed by atoms with Crippen molar-refractivity contribution in [3.8, 4) is 0 Å². The van der Waals surface area contributed by atoms with E-state index in [1.54, 1.807) is 17.3 Å². The van der Waals surface area contributed by atoms with Crippen molar-refractivity contribution in [1.82, 2.24) is 9.88 Å². The zero-order chi connectivity index (χ0) is 14.5. The van der Waals surface area contributed by atoms with Crippen LogP contribution in [0.25, 0.3) is 0 Å². The minimum atomic E-state index is 0.000486. The van der Waals surface area contributed by atoms with Crippen molar-refractivity contribution in [2.45, 2.75) is 20.4 Å². The van der Waals surface area contributed by atoms with Gasteiger partial charge >= 0.3 is 0 Å². The summed E-state index contributed by atoms with van der Waals surface area (Å²) in [6, 6.07) is 9.45. The molecular weight excluding hydrogens is 250 g/mol. The minimum absolute atomic E-state index is 0.000486. The average Bonchev–Trinajstić information content (AvgIpc) is 2.46. The molecule has 2 N–H and O–H groups in total. The van der Waals surface area contributed by atoms with Gasteiger partial charge < -0.3 is 10.6 Å². The Kier molecular flexibility index (Phi) is 4.35. The fraction of sp³-hybridized carbons (Fsp3) is 0.250. The van der Waals surface area contributed by atoms with Gasteiger partial charge in [-0.25, -0.2) is 0 Å². The lowest BCUT2D eigenvalue weighted by atomic mass is 10.1. The summed E-state index contributed by atoms with van der Waals surface area (Å²) in [7, 11) is 0. The largest absolute Gasteiger partial charge is 0.399 e. The predicted molar refractivity (Wildman–Crippen MR) is 80.2 cm³/mol. The zero-order valence-electron chi connectivity index (χ0n) is 11.8. The molecule has 4 heteroatoms. The number of aromatic nitrogens is 1. The summed E-state index contributed by atoms with van der Waals surface area (Å²) < 4.78 is 0. The van der Waals surface area contributed by atoms with Crippen LogP contribution in [0.5, 0.6) is 0 Å². The molecular formula is C16H19N3O. The summed E-state index contributed by atoms with van der Waals surface area (Å²) in [4.78, 5) is 18.3. The van der Waals surface area contributed by atoms with Gasteiger partial charge in [-0.05, 0) is 43.2 Å². The van der Waals surface area contributed by atoms with Gasteiger partial charge in [0.15, 0.2) is 0 Å². The van der Waals surface area contributed by atoms with Gasteiger partial charge in [-0.3, -0.25) is 9.78 Å². The number of amides is 1. The molecule has 1 amide bonds. The van der Waals surface area contributed by atoms with Crippen molar-refractivity contribution >= 4 is 11.6 Å². The number of nitrogens with zero attached hydrogens (tertiary/aromatic N) is 2. The number of rotatable bonds is 4. The molecule has 1 heterocycles. The van der Waals surface area contributed by atoms with Gasteiger partial charge in [0, 0.05) is 31.2 Å². The molecule has 104 valence electrons. The summed E-state index contributed by atoms with van der Waals surface area (Å²) in [5.74, 6) is 0.000486. The molecule has 2 rings (SSSR count). The zero-order valence-corrected chi connectivity index (χ0v) is 11.8. The highest BCUT2D eigenvalue weighted by molar-refractivity contribution is 5.94. The minimum Gasteiger partial charge on any atom is -0.399 e. The quantitative estimate of drug-likeness (QED) is 0.868. The first-order valence-corrected chi connectivity index (χ1v) is 6.65. The molecule has 0 aliphatic carbocycles. The van der Waals surface area contributed by atoms with Crippen molar-refractivity contribution in [3.05, 3.63) is 59.4 Å². The lowest BCUT2D eigenvalue weighted by molar-refractivity contribution is 0.0752. The van der Waals surface area contributed by atoms with Gasteiger partial charge in [0.2, 0.25) is 0 Å². The van der Waals surface area contributed by atoms with Crippen LogP contribution in [0.2, 0.25) is 0 Å². The van der Waals surface area contributed by atoms with Crippen molar-refractivity contribution in [2.75, 3.05) is 12.3 Å². The molecule has 0 aliphatic rings. The Labute approximate surface area is 119 Å². The second-order valence-electron chi connectivity index (χ2n) is 4.81. The number of anilines is 1. The number of carbonyl (C=O) groups is 1. The maximum atomic E-state index is 12.5. The molecule has 0 fully saturated rings. The maximum Gasteiger partial charge on any atom is 0.255 e. The van der Waals surface area contributed by atoms with Crippen molar-refractivity contribution in [2.24, 2.45) is 0 Å². The normalized spacial score (nSPS) is 10.3. The first-order chi connectivity index (χ1) is 9.60. The molecule has 0 bridgehead atoms. The van der Waals surface area contributed by atoms with Gasteiger partial charge in [-0.15, -0.1) is 0 Å². The second-order valence-corrected chi connectivity index (χ2v) is 4.81. The van der Waals surface area contributed by atoms with Crippen LogP contribution < -0.4 is 5.73 Å². The molecule has 1 aromatic heterocycles. The smallest absolute Gasteiger partial charge is 0.255 e. The Morgan fingerprint density at radius 2 is 1.95 bits per heavy atom. The Balaban J connectivity index is 2.15. The van der Waals surface area contributed by atoms with Crippen molar-refractivity contribution < 1.29 is 4.79 Å². The molecule has 0 aliphatic heterocycles. The van der Waals surface area contributed by atoms with Gasteiger partial charge in [0.1, 0.15) is 0 Å². The highest BCUT2D eigenvalue weighted by Crippen LogP contribution is 2.12. The van der Waals surface area contributed by atoms with E-state index in [2.05, 4.69) is 4.98 Å². The first kappa shape index (κ1) is 14.1. The van der Waals surface area contributed by atoms with E-state index in [9.17, 15) is 4.79 Å². The van der Waals surface area contributed by atoms with E-state index < -0.39 is 0 Å². The molecule has 0 saturated heterocycles. The van der Waals surface area contributed by atoms with Crippen LogP contribution in [0.1, 0.15) is 28.4 Å². The summed E-state index contributed by atoms with van der Waals surface area (Å²) in [5.41, 5.74) is 9.07. The van der Waals surface area contributed by atoms with Crippen LogP contribution in [0.3, 0.4) is 0 Å². The molecule has 0 atom stereocenters. The topological polar surface area (TPSA) is 59.2 Å². The second kappa shape index (κ2) is 6.19. The third-order valence-corrected chi connectivity index (χ3v) is 3.14. The van der Waals surface area contributed by atoms with E-state index in [4.69, 9.17) is 5.73 Å². The first-order valence-electron chi connectivity index (χ1n) is 6.65. The third kappa shape index (κ3) is 3.35. The maximum absolute atomic E-state index is 12.5. The van der Waals surface area contributed by atoms with Crippen molar-refractivity contribution in [1.29, 1.82) is 0 Å². The van der Waals surface area contributed by atoms with Crippen LogP contribution >= 0.6 is 0 Å². The number of hydrogen-bond acceptors (Lipinski definition) is 3. The summed E-state index contributed by atoms with van der Waals surface area (Å²) in [6.07, 6.45) is 3.36. The number of hydrogen-bond donors (Lipinski definition) is 1. The summed E-state index contributed by atoms with van der Waals surface area (Å²) in [5, 5.41) is 0. The van der Waals surface area contributed by atoms with E-state index in [0.29, 0.717) is 18.7 Å². The number of carbonyl (C=O) groups excluding carboxylic acids is 1. The van der Waals surface area contributed by atoms with Gasteiger partial charge in [-0.2, -0.15) is 0 Å². The highest BCUT2D eigenvalue weighted by Gasteiger charge is 2.14. The number of nitrogen functional groups attached to an aromatic ring is 1. The average molecular weight is 269 g/mol. The van der Waals surface area contributed by atoms with E-state index in [-0.39, 0.29) is 5.91 Å². The molecule has 0 saturated carbocycles. The van der Waals surface area contributed by atoms with E-state index in [1.807, 2.05) is 44.2 Å². The van der Waals surface area contributed by atoms with E-state index in [1.165, 1.54) is 0 Å². The third-order valence-electron chi connectivity index (χ3n) is 3.14. The van der Waals surface area contributed by atoms with E-state index >= 15 is 0 Å². The lowest BCUT2D eigenvalue weighted by Crippen LogP contribution is -2.30. The molecule has 0 spiro atoms. The van der Waals surface area contributed by atoms with Crippen LogP contribution in [-0.4, -0.2) is 22.3 Å². The summed E-state index contributed by atoms with van der Waals surface area (Å²) in [6.45, 7) is 5.12. The van der Waals surface area contributed by atoms with Crippen LogP contribution in [0, 0.1) is 6.92 Å². The molecule has 1 aromatic carbocycles. The van der Waals surface area contributed by atoms with Crippen LogP contribution in [-0.2, 0) is 6.54 Å². The molecule has 0 unspecified atom stereocenters. The van der Waals surface area contributed by atoms with E-state index in [0.717, 1.165) is 16.8 Å². The number of pyridine rings is 1. The van der Waals surface area contributed by atoms with Crippen LogP contribution in [0.4, 0.5) is 5.69 Å². The fourth-order valence-corrected chi connectivity index (χ4v) is 2.03. The standard InChI is InChI=1S/C16H19N3O/c1-3-19(11-13-4-6-15(17)7-5-13)16(20)14-8-12(2)9-18-10-14/h4-10H,3,11,17H2,1-2H3. The Bertz CT molecular complexity index is 593. The Morgan fingerprint density at radius 3 is 2.55 bits per heavy atom. The fourth-order valence-electron chi connectivity index (χ4n) is 2.03.